The van der Waals surface area contributed by atoms with E-state index in [1.54, 1.807) is 16.8 Å². The molecule has 1 aromatic rings. The van der Waals surface area contributed by atoms with E-state index in [1.807, 2.05) is 44.4 Å². The molecule has 0 spiro atoms. The fourth-order valence-electron chi connectivity index (χ4n) is 3.31. The predicted octanol–water partition coefficient (Wildman–Crippen LogP) is 0.0277. The van der Waals surface area contributed by atoms with E-state index in [-0.39, 0.29) is 24.9 Å². The number of carbonyl (C=O) groups is 3. The van der Waals surface area contributed by atoms with Gasteiger partial charge in [0, 0.05) is 33.6 Å². The molecule has 1 aromatic carbocycles. The van der Waals surface area contributed by atoms with Crippen molar-refractivity contribution < 1.29 is 14.4 Å². The number of carbonyl (C=O) groups excluding carboxylic acids is 3. The van der Waals surface area contributed by atoms with Gasteiger partial charge in [-0.05, 0) is 18.9 Å². The molecule has 0 aromatic heterocycles. The second-order valence-corrected chi connectivity index (χ2v) is 7.40. The first kappa shape index (κ1) is 21.6. The summed E-state index contributed by atoms with van der Waals surface area (Å²) < 4.78 is 0. The maximum atomic E-state index is 12.6. The highest BCUT2D eigenvalue weighted by Crippen LogP contribution is 2.30. The standard InChI is InChI=1S/C20H29N5O3/c1-15(21)19(28)22-12-18(27)25-10-9-17(23-24(2)3)20(13-25,14-26)11-16-7-5-4-6-8-16/h4-8,14-15H,9-13,21H2,1-3H3,(H,22,28)/b23-17-. The van der Waals surface area contributed by atoms with Crippen LogP contribution in [0.15, 0.2) is 35.4 Å². The Labute approximate surface area is 165 Å². The summed E-state index contributed by atoms with van der Waals surface area (Å²) in [4.78, 5) is 38.2. The lowest BCUT2D eigenvalue weighted by molar-refractivity contribution is -0.135. The largest absolute Gasteiger partial charge is 0.346 e. The van der Waals surface area contributed by atoms with Gasteiger partial charge in [0.2, 0.25) is 11.8 Å². The Kier molecular flexibility index (Phi) is 7.28. The number of aldehydes is 1. The smallest absolute Gasteiger partial charge is 0.242 e. The van der Waals surface area contributed by atoms with Crippen LogP contribution in [0.3, 0.4) is 0 Å². The molecule has 2 rings (SSSR count). The molecule has 3 N–H and O–H groups in total. The van der Waals surface area contributed by atoms with Crippen LogP contribution in [-0.2, 0) is 20.8 Å². The van der Waals surface area contributed by atoms with E-state index in [1.165, 1.54) is 0 Å². The zero-order valence-corrected chi connectivity index (χ0v) is 16.7. The number of piperidine rings is 1. The molecular weight excluding hydrogens is 358 g/mol. The molecule has 1 saturated heterocycles. The minimum Gasteiger partial charge on any atom is -0.346 e. The highest BCUT2D eigenvalue weighted by molar-refractivity contribution is 6.04. The van der Waals surface area contributed by atoms with Gasteiger partial charge >= 0.3 is 0 Å². The Morgan fingerprint density at radius 2 is 2.04 bits per heavy atom. The summed E-state index contributed by atoms with van der Waals surface area (Å²) in [6.07, 6.45) is 1.86. The van der Waals surface area contributed by atoms with Crippen molar-refractivity contribution in [3.05, 3.63) is 35.9 Å². The van der Waals surface area contributed by atoms with Gasteiger partial charge in [-0.2, -0.15) is 5.10 Å². The van der Waals surface area contributed by atoms with Crippen LogP contribution < -0.4 is 11.1 Å². The maximum Gasteiger partial charge on any atom is 0.242 e. The highest BCUT2D eigenvalue weighted by atomic mass is 16.2. The van der Waals surface area contributed by atoms with Crippen molar-refractivity contribution >= 4 is 23.8 Å². The van der Waals surface area contributed by atoms with Gasteiger partial charge in [0.25, 0.3) is 0 Å². The fraction of sp³-hybridized carbons (Fsp3) is 0.500. The van der Waals surface area contributed by atoms with Crippen molar-refractivity contribution in [3.63, 3.8) is 0 Å². The van der Waals surface area contributed by atoms with Gasteiger partial charge in [-0.1, -0.05) is 30.3 Å². The van der Waals surface area contributed by atoms with Crippen LogP contribution in [0.2, 0.25) is 0 Å². The zero-order valence-electron chi connectivity index (χ0n) is 16.7. The van der Waals surface area contributed by atoms with Gasteiger partial charge < -0.3 is 25.8 Å². The number of nitrogens with two attached hydrogens (primary N) is 1. The molecule has 2 unspecified atom stereocenters. The molecule has 0 bridgehead atoms. The van der Waals surface area contributed by atoms with Gasteiger partial charge in [0.1, 0.15) is 6.29 Å². The van der Waals surface area contributed by atoms with E-state index in [0.29, 0.717) is 19.4 Å². The van der Waals surface area contributed by atoms with Crippen LogP contribution in [0, 0.1) is 5.41 Å². The van der Waals surface area contributed by atoms with E-state index in [4.69, 9.17) is 5.73 Å². The van der Waals surface area contributed by atoms with Crippen molar-refractivity contribution in [2.75, 3.05) is 33.7 Å². The third kappa shape index (κ3) is 5.39. The molecule has 2 atom stereocenters. The molecule has 1 heterocycles. The number of hydrazone groups is 1. The first-order valence-corrected chi connectivity index (χ1v) is 9.34. The van der Waals surface area contributed by atoms with Crippen LogP contribution in [-0.4, -0.2) is 73.5 Å². The molecular formula is C20H29N5O3. The van der Waals surface area contributed by atoms with E-state index in [9.17, 15) is 14.4 Å². The minimum atomic E-state index is -0.898. The molecule has 0 saturated carbocycles. The van der Waals surface area contributed by atoms with Crippen LogP contribution in [0.5, 0.6) is 0 Å². The second-order valence-electron chi connectivity index (χ2n) is 7.40. The maximum absolute atomic E-state index is 12.6. The molecule has 0 radical (unpaired) electrons. The van der Waals surface area contributed by atoms with Gasteiger partial charge in [0.15, 0.2) is 0 Å². The van der Waals surface area contributed by atoms with Crippen molar-refractivity contribution in [1.29, 1.82) is 0 Å². The fourth-order valence-corrected chi connectivity index (χ4v) is 3.31. The summed E-state index contributed by atoms with van der Waals surface area (Å²) in [7, 11) is 3.62. The zero-order chi connectivity index (χ0) is 20.7. The Bertz CT molecular complexity index is 733. The summed E-state index contributed by atoms with van der Waals surface area (Å²) in [6, 6.07) is 9.01. The van der Waals surface area contributed by atoms with E-state index in [0.717, 1.165) is 17.6 Å². The van der Waals surface area contributed by atoms with Crippen LogP contribution >= 0.6 is 0 Å². The molecule has 1 aliphatic rings. The number of likely N-dealkylation sites (tertiary alicyclic amines) is 1. The molecule has 1 fully saturated rings. The lowest BCUT2D eigenvalue weighted by Crippen LogP contribution is -2.55. The average Bonchev–Trinajstić information content (AvgIpc) is 2.67. The van der Waals surface area contributed by atoms with Crippen molar-refractivity contribution in [1.82, 2.24) is 15.2 Å². The first-order valence-electron chi connectivity index (χ1n) is 9.34. The summed E-state index contributed by atoms with van der Waals surface area (Å²) in [5.74, 6) is -0.622. The van der Waals surface area contributed by atoms with E-state index >= 15 is 0 Å². The summed E-state index contributed by atoms with van der Waals surface area (Å²) >= 11 is 0. The Hall–Kier alpha value is -2.74. The average molecular weight is 387 g/mol. The van der Waals surface area contributed by atoms with Crippen LogP contribution in [0.1, 0.15) is 18.9 Å². The van der Waals surface area contributed by atoms with Crippen LogP contribution in [0.25, 0.3) is 0 Å². The summed E-state index contributed by atoms with van der Waals surface area (Å²) in [5.41, 5.74) is 6.38. The van der Waals surface area contributed by atoms with E-state index < -0.39 is 11.5 Å². The quantitative estimate of drug-likeness (QED) is 0.507. The third-order valence-electron chi connectivity index (χ3n) is 4.76. The number of hydrogen-bond acceptors (Lipinski definition) is 6. The van der Waals surface area contributed by atoms with Gasteiger partial charge in [0.05, 0.1) is 23.7 Å². The predicted molar refractivity (Wildman–Crippen MR) is 108 cm³/mol. The van der Waals surface area contributed by atoms with Crippen molar-refractivity contribution in [2.45, 2.75) is 25.8 Å². The molecule has 0 aliphatic carbocycles. The van der Waals surface area contributed by atoms with Crippen LogP contribution in [0.4, 0.5) is 0 Å². The van der Waals surface area contributed by atoms with Gasteiger partial charge in [-0.3, -0.25) is 9.59 Å². The Morgan fingerprint density at radius 3 is 2.61 bits per heavy atom. The monoisotopic (exact) mass is 387 g/mol. The van der Waals surface area contributed by atoms with Gasteiger partial charge in [-0.15, -0.1) is 0 Å². The Morgan fingerprint density at radius 1 is 1.36 bits per heavy atom. The molecule has 1 aliphatic heterocycles. The third-order valence-corrected chi connectivity index (χ3v) is 4.76. The molecule has 28 heavy (non-hydrogen) atoms. The number of rotatable bonds is 7. The lowest BCUT2D eigenvalue weighted by Gasteiger charge is -2.41. The lowest BCUT2D eigenvalue weighted by atomic mass is 9.74. The first-order chi connectivity index (χ1) is 13.3. The van der Waals surface area contributed by atoms with Crippen molar-refractivity contribution in [3.8, 4) is 0 Å². The Balaban J connectivity index is 2.22. The summed E-state index contributed by atoms with van der Waals surface area (Å²) in [6.45, 7) is 2.09. The second kappa shape index (κ2) is 9.45. The number of nitrogens with zero attached hydrogens (tertiary/aromatic N) is 3. The number of benzene rings is 1. The number of hydrogen-bond donors (Lipinski definition) is 2. The molecule has 2 amide bonds. The minimum absolute atomic E-state index is 0.138. The van der Waals surface area contributed by atoms with E-state index in [2.05, 4.69) is 10.4 Å². The molecule has 8 nitrogen and oxygen atoms in total. The summed E-state index contributed by atoms with van der Waals surface area (Å²) in [5, 5.41) is 8.76. The normalized spacial score (nSPS) is 21.9. The molecule has 8 heteroatoms. The molecule has 152 valence electrons. The van der Waals surface area contributed by atoms with Crippen molar-refractivity contribution in [2.24, 2.45) is 16.3 Å². The number of amides is 2. The topological polar surface area (TPSA) is 108 Å². The number of nitrogens with one attached hydrogen (secondary N) is 1. The highest BCUT2D eigenvalue weighted by Gasteiger charge is 2.42. The SMILES string of the molecule is CC(N)C(=O)NCC(=O)N1CC/C(=N/N(C)C)C(C=O)(Cc2ccccc2)C1. The van der Waals surface area contributed by atoms with Gasteiger partial charge in [-0.25, -0.2) is 0 Å².